The van der Waals surface area contributed by atoms with Gasteiger partial charge in [0, 0.05) is 49.6 Å². The van der Waals surface area contributed by atoms with E-state index in [-0.39, 0.29) is 17.4 Å². The molecule has 228 valence electrons. The van der Waals surface area contributed by atoms with Crippen LogP contribution in [0.3, 0.4) is 0 Å². The second-order valence-electron chi connectivity index (χ2n) is 11.5. The molecule has 2 aliphatic heterocycles. The van der Waals surface area contributed by atoms with Crippen molar-refractivity contribution in [2.45, 2.75) is 56.3 Å². The Kier molecular flexibility index (Phi) is 8.24. The molecule has 0 saturated carbocycles. The largest absolute Gasteiger partial charge is 0.493 e. The van der Waals surface area contributed by atoms with Gasteiger partial charge in [-0.25, -0.2) is 13.1 Å². The lowest BCUT2D eigenvalue weighted by Gasteiger charge is -2.31. The third kappa shape index (κ3) is 5.97. The van der Waals surface area contributed by atoms with Gasteiger partial charge in [-0.2, -0.15) is 0 Å². The number of aromatic nitrogens is 3. The summed E-state index contributed by atoms with van der Waals surface area (Å²) in [5, 5.41) is 11.4. The Hall–Kier alpha value is -4.48. The Labute approximate surface area is 258 Å². The van der Waals surface area contributed by atoms with Crippen LogP contribution in [0.4, 0.5) is 0 Å². The fraction of sp³-hybridized carbons (Fsp3) is 0.303. The zero-order chi connectivity index (χ0) is 30.8. The Morgan fingerprint density at radius 3 is 2.55 bits per heavy atom. The predicted molar refractivity (Wildman–Crippen MR) is 167 cm³/mol. The van der Waals surface area contributed by atoms with Crippen LogP contribution in [0.15, 0.2) is 96.3 Å². The Bertz CT molecular complexity index is 1770. The molecule has 0 aliphatic carbocycles. The number of ether oxygens (including phenoxy) is 1. The molecular formula is C33H36N6O4S. The van der Waals surface area contributed by atoms with Crippen LogP contribution in [-0.2, 0) is 27.8 Å². The minimum atomic E-state index is -4.02. The van der Waals surface area contributed by atoms with Crippen LogP contribution >= 0.6 is 0 Å². The van der Waals surface area contributed by atoms with Gasteiger partial charge in [0.1, 0.15) is 11.8 Å². The molecule has 6 rings (SSSR count). The molecule has 0 saturated heterocycles. The first kappa shape index (κ1) is 29.6. The summed E-state index contributed by atoms with van der Waals surface area (Å²) >= 11 is 0. The highest BCUT2D eigenvalue weighted by Crippen LogP contribution is 2.35. The average Bonchev–Trinajstić information content (AvgIpc) is 3.50. The van der Waals surface area contributed by atoms with E-state index in [1.54, 1.807) is 35.1 Å². The Morgan fingerprint density at radius 2 is 1.80 bits per heavy atom. The standard InChI is InChI=1S/C33H36N6O4S/c1-23(2)37(3)21-24-9-14-29-30(15-18-43-32(29)19-24)38-22-27(35-36-38)20-31-33(40)34-16-17-39(31)44(41,42)28-12-10-26(11-13-28)25-7-5-4-6-8-25/h4-14,16-17,19,22-23,30-31H,15,18,20-21H2,1-3H3,(H,34,40). The first-order valence-corrected chi connectivity index (χ1v) is 16.2. The second-order valence-corrected chi connectivity index (χ2v) is 13.3. The number of rotatable bonds is 9. The molecule has 1 aromatic heterocycles. The summed E-state index contributed by atoms with van der Waals surface area (Å²) in [7, 11) is -1.93. The van der Waals surface area contributed by atoms with E-state index in [4.69, 9.17) is 4.74 Å². The van der Waals surface area contributed by atoms with Crippen molar-refractivity contribution in [1.82, 2.24) is 29.5 Å². The van der Waals surface area contributed by atoms with Crippen molar-refractivity contribution < 1.29 is 17.9 Å². The molecule has 3 heterocycles. The lowest BCUT2D eigenvalue weighted by molar-refractivity contribution is -0.124. The van der Waals surface area contributed by atoms with Crippen molar-refractivity contribution in [1.29, 1.82) is 0 Å². The van der Waals surface area contributed by atoms with Crippen molar-refractivity contribution in [3.63, 3.8) is 0 Å². The van der Waals surface area contributed by atoms with Gasteiger partial charge in [0.05, 0.1) is 23.2 Å². The second kappa shape index (κ2) is 12.3. The molecule has 2 aliphatic rings. The van der Waals surface area contributed by atoms with E-state index in [9.17, 15) is 13.2 Å². The summed E-state index contributed by atoms with van der Waals surface area (Å²) in [6.07, 6.45) is 5.31. The number of benzene rings is 3. The molecule has 10 nitrogen and oxygen atoms in total. The minimum absolute atomic E-state index is 0.0635. The van der Waals surface area contributed by atoms with Gasteiger partial charge in [-0.05, 0) is 55.8 Å². The molecule has 3 aromatic carbocycles. The van der Waals surface area contributed by atoms with E-state index in [0.29, 0.717) is 24.8 Å². The lowest BCUT2D eigenvalue weighted by atomic mass is 9.98. The normalized spacial score (nSPS) is 18.3. The van der Waals surface area contributed by atoms with Crippen molar-refractivity contribution >= 4 is 15.9 Å². The molecule has 44 heavy (non-hydrogen) atoms. The smallest absolute Gasteiger partial charge is 0.264 e. The minimum Gasteiger partial charge on any atom is -0.493 e. The van der Waals surface area contributed by atoms with E-state index in [0.717, 1.165) is 33.3 Å². The Morgan fingerprint density at radius 1 is 1.05 bits per heavy atom. The van der Waals surface area contributed by atoms with E-state index in [1.165, 1.54) is 18.0 Å². The van der Waals surface area contributed by atoms with Gasteiger partial charge in [-0.3, -0.25) is 14.0 Å². The summed E-state index contributed by atoms with van der Waals surface area (Å²) in [6.45, 7) is 5.69. The maximum absolute atomic E-state index is 13.7. The van der Waals surface area contributed by atoms with Gasteiger partial charge in [0.15, 0.2) is 0 Å². The average molecular weight is 613 g/mol. The van der Waals surface area contributed by atoms with Crippen molar-refractivity contribution in [2.24, 2.45) is 0 Å². The molecule has 0 radical (unpaired) electrons. The van der Waals surface area contributed by atoms with Gasteiger partial charge in [0.2, 0.25) is 5.91 Å². The number of hydrogen-bond donors (Lipinski definition) is 1. The SMILES string of the molecule is CC(C)N(C)Cc1ccc2c(c1)OCCC2n1cc(CC2C(=O)NC=CN2S(=O)(=O)c2ccc(-c3ccccc3)cc2)nn1. The summed E-state index contributed by atoms with van der Waals surface area (Å²) in [5.41, 5.74) is 4.60. The van der Waals surface area contributed by atoms with Crippen molar-refractivity contribution in [2.75, 3.05) is 13.7 Å². The summed E-state index contributed by atoms with van der Waals surface area (Å²) in [5.74, 6) is 0.405. The Balaban J connectivity index is 1.21. The first-order chi connectivity index (χ1) is 21.2. The molecule has 2 atom stereocenters. The molecule has 1 N–H and O–H groups in total. The number of fused-ring (bicyclic) bond motifs is 1. The number of nitrogens with one attached hydrogen (secondary N) is 1. The third-order valence-corrected chi connectivity index (χ3v) is 10.1. The van der Waals surface area contributed by atoms with Crippen molar-refractivity contribution in [3.05, 3.63) is 108 Å². The van der Waals surface area contributed by atoms with Crippen molar-refractivity contribution in [3.8, 4) is 16.9 Å². The first-order valence-electron chi connectivity index (χ1n) is 14.7. The maximum atomic E-state index is 13.7. The van der Waals surface area contributed by atoms with Gasteiger partial charge in [-0.15, -0.1) is 5.10 Å². The highest BCUT2D eigenvalue weighted by molar-refractivity contribution is 7.89. The quantitative estimate of drug-likeness (QED) is 0.299. The van der Waals surface area contributed by atoms with Gasteiger partial charge < -0.3 is 10.1 Å². The highest BCUT2D eigenvalue weighted by Gasteiger charge is 2.36. The van der Waals surface area contributed by atoms with Crippen LogP contribution in [0.5, 0.6) is 5.75 Å². The van der Waals surface area contributed by atoms with E-state index in [1.807, 2.05) is 30.3 Å². The van der Waals surface area contributed by atoms with E-state index >= 15 is 0 Å². The number of amides is 1. The highest BCUT2D eigenvalue weighted by atomic mass is 32.2. The molecule has 2 unspecified atom stereocenters. The molecule has 1 amide bonds. The van der Waals surface area contributed by atoms with Crippen LogP contribution in [0.25, 0.3) is 11.1 Å². The molecule has 4 aromatic rings. The van der Waals surface area contributed by atoms with Crippen LogP contribution in [0, 0.1) is 0 Å². The maximum Gasteiger partial charge on any atom is 0.264 e. The summed E-state index contributed by atoms with van der Waals surface area (Å²) in [4.78, 5) is 15.4. The van der Waals surface area contributed by atoms with Crippen LogP contribution < -0.4 is 10.1 Å². The number of sulfonamides is 1. The summed E-state index contributed by atoms with van der Waals surface area (Å²) < 4.78 is 36.4. The zero-order valence-corrected chi connectivity index (χ0v) is 25.8. The summed E-state index contributed by atoms with van der Waals surface area (Å²) in [6, 6.07) is 22.0. The van der Waals surface area contributed by atoms with Crippen LogP contribution in [-0.4, -0.2) is 64.3 Å². The molecule has 11 heteroatoms. The fourth-order valence-corrected chi connectivity index (χ4v) is 6.98. The molecular weight excluding hydrogens is 576 g/mol. The number of carbonyl (C=O) groups is 1. The zero-order valence-electron chi connectivity index (χ0n) is 25.0. The van der Waals surface area contributed by atoms with Gasteiger partial charge >= 0.3 is 0 Å². The fourth-order valence-electron chi connectivity index (χ4n) is 5.53. The van der Waals surface area contributed by atoms with Gasteiger partial charge in [-0.1, -0.05) is 59.8 Å². The molecule has 0 spiro atoms. The number of hydrogen-bond acceptors (Lipinski definition) is 7. The topological polar surface area (TPSA) is 110 Å². The molecule has 0 bridgehead atoms. The number of nitrogens with zero attached hydrogens (tertiary/aromatic N) is 5. The van der Waals surface area contributed by atoms with Crippen LogP contribution in [0.2, 0.25) is 0 Å². The lowest BCUT2D eigenvalue weighted by Crippen LogP contribution is -2.50. The monoisotopic (exact) mass is 612 g/mol. The molecule has 0 fully saturated rings. The van der Waals surface area contributed by atoms with E-state index in [2.05, 4.69) is 59.6 Å². The third-order valence-electron chi connectivity index (χ3n) is 8.27. The van der Waals surface area contributed by atoms with Gasteiger partial charge in [0.25, 0.3) is 10.0 Å². The number of carbonyl (C=O) groups excluding carboxylic acids is 1. The van der Waals surface area contributed by atoms with Crippen LogP contribution in [0.1, 0.15) is 43.1 Å². The predicted octanol–water partition coefficient (Wildman–Crippen LogP) is 4.36. The van der Waals surface area contributed by atoms with E-state index < -0.39 is 22.0 Å².